The maximum Gasteiger partial charge on any atom is 1.00 e. The van der Waals surface area contributed by atoms with Crippen LogP contribution in [0.2, 0.25) is 11.6 Å². The zero-order valence-corrected chi connectivity index (χ0v) is 11.5. The molecule has 0 bridgehead atoms. The molecule has 0 radical (unpaired) electrons. The van der Waals surface area contributed by atoms with E-state index in [0.717, 1.165) is 18.1 Å². The van der Waals surface area contributed by atoms with Crippen LogP contribution in [0.1, 0.15) is 65.6 Å². The Hall–Kier alpha value is 1.09. The van der Waals surface area contributed by atoms with Crippen LogP contribution in [-0.4, -0.2) is 6.43 Å². The Bertz CT molecular complexity index is 152. The third-order valence-electron chi connectivity index (χ3n) is 4.39. The van der Waals surface area contributed by atoms with Crippen LogP contribution in [0, 0.1) is 0 Å². The summed E-state index contributed by atoms with van der Waals surface area (Å²) in [6, 6.07) is 0. The average Bonchev–Trinajstić information content (AvgIpc) is 2.30. The molecule has 0 N–H and O–H groups in total. The van der Waals surface area contributed by atoms with Crippen LogP contribution in [0.25, 0.3) is 0 Å². The molecule has 3 heteroatoms. The van der Waals surface area contributed by atoms with E-state index in [2.05, 4.69) is 9.12 Å². The first-order chi connectivity index (χ1) is 6.88. The summed E-state index contributed by atoms with van der Waals surface area (Å²) in [7, 11) is 3.19. The summed E-state index contributed by atoms with van der Waals surface area (Å²) in [5.41, 5.74) is 0. The third kappa shape index (κ3) is 4.11. The van der Waals surface area contributed by atoms with Crippen molar-refractivity contribution in [1.82, 2.24) is 0 Å². The molecule has 0 aromatic carbocycles. The normalized spacial score (nSPS) is 24.6. The summed E-state index contributed by atoms with van der Waals surface area (Å²) in [6.07, 6.45) is 16.0. The molecule has 0 aliphatic heterocycles. The van der Waals surface area contributed by atoms with Gasteiger partial charge >= 0.3 is 18.9 Å². The predicted molar refractivity (Wildman–Crippen MR) is 70.2 cm³/mol. The van der Waals surface area contributed by atoms with Crippen LogP contribution in [0.3, 0.4) is 0 Å². The van der Waals surface area contributed by atoms with Crippen molar-refractivity contribution in [3.8, 4) is 0 Å². The van der Waals surface area contributed by atoms with Crippen molar-refractivity contribution in [3.63, 3.8) is 0 Å². The van der Waals surface area contributed by atoms with Gasteiger partial charge in [-0.05, 0) is 0 Å². The fourth-order valence-electron chi connectivity index (χ4n) is 3.42. The average molecular weight is 218 g/mol. The first-order valence-electron chi connectivity index (χ1n) is 6.63. The number of hydrogen-bond acceptors (Lipinski definition) is 0. The standard InChI is InChI=1S/C12H24BP.Li.H/c14-13(11-7-3-1-4-8-11)12-9-5-2-6-10-12;;/h11-12H,1-10,14H2;;/q;+1;-1. The van der Waals surface area contributed by atoms with Gasteiger partial charge in [0, 0.05) is 0 Å². The Balaban J connectivity index is 0.00000112. The van der Waals surface area contributed by atoms with Gasteiger partial charge in [-0.1, -0.05) is 75.8 Å². The van der Waals surface area contributed by atoms with Gasteiger partial charge in [-0.3, -0.25) is 0 Å². The fourth-order valence-corrected chi connectivity index (χ4v) is 4.19. The molecule has 0 aromatic rings. The van der Waals surface area contributed by atoms with Gasteiger partial charge in [0.1, 0.15) is 0 Å². The number of hydrogen-bond donors (Lipinski definition) is 0. The Morgan fingerprint density at radius 2 is 1.07 bits per heavy atom. The van der Waals surface area contributed by atoms with Crippen molar-refractivity contribution in [2.45, 2.75) is 75.8 Å². The van der Waals surface area contributed by atoms with E-state index in [1.165, 1.54) is 64.2 Å². The Labute approximate surface area is 112 Å². The van der Waals surface area contributed by atoms with Gasteiger partial charge in [0.2, 0.25) is 0 Å². The topological polar surface area (TPSA) is 0 Å². The predicted octanol–water partition coefficient (Wildman–Crippen LogP) is 1.64. The van der Waals surface area contributed by atoms with E-state index in [4.69, 9.17) is 0 Å². The molecule has 0 heterocycles. The van der Waals surface area contributed by atoms with Crippen LogP contribution in [0.4, 0.5) is 0 Å². The molecule has 2 aliphatic rings. The van der Waals surface area contributed by atoms with Crippen molar-refractivity contribution in [3.05, 3.63) is 0 Å². The zero-order chi connectivity index (χ0) is 9.80. The maximum atomic E-state index is 3.19. The summed E-state index contributed by atoms with van der Waals surface area (Å²) in [4.78, 5) is 0. The maximum absolute atomic E-state index is 3.19. The molecule has 82 valence electrons. The van der Waals surface area contributed by atoms with E-state index in [-0.39, 0.29) is 20.3 Å². The van der Waals surface area contributed by atoms with Crippen LogP contribution in [0.15, 0.2) is 0 Å². The van der Waals surface area contributed by atoms with Crippen LogP contribution < -0.4 is 18.9 Å². The van der Waals surface area contributed by atoms with Crippen molar-refractivity contribution >= 4 is 15.6 Å². The van der Waals surface area contributed by atoms with Gasteiger partial charge in [-0.25, -0.2) is 0 Å². The van der Waals surface area contributed by atoms with Crippen molar-refractivity contribution in [1.29, 1.82) is 0 Å². The minimum atomic E-state index is 0. The Kier molecular flexibility index (Phi) is 7.01. The van der Waals surface area contributed by atoms with Gasteiger partial charge in [-0.15, -0.1) is 0 Å². The SMILES string of the molecule is PB(C1CCCCC1)C1CCCCC1.[H-].[Li+]. The molecular formula is C12H25BLiP. The van der Waals surface area contributed by atoms with Crippen molar-refractivity contribution < 1.29 is 20.3 Å². The smallest absolute Gasteiger partial charge is 1.00 e. The molecule has 2 aliphatic carbocycles. The molecule has 0 nitrogen and oxygen atoms in total. The molecule has 2 fully saturated rings. The van der Waals surface area contributed by atoms with Gasteiger partial charge in [0.25, 0.3) is 0 Å². The second kappa shape index (κ2) is 7.42. The van der Waals surface area contributed by atoms with E-state index in [1.807, 2.05) is 0 Å². The number of rotatable bonds is 2. The second-order valence-electron chi connectivity index (χ2n) is 5.37. The largest absolute Gasteiger partial charge is 1.00 e. The molecule has 15 heavy (non-hydrogen) atoms. The molecule has 0 aromatic heterocycles. The summed E-state index contributed by atoms with van der Waals surface area (Å²) in [5.74, 6) is 2.11. The first kappa shape index (κ1) is 14.2. The molecule has 1 unspecified atom stereocenters. The molecule has 2 saturated carbocycles. The molecule has 0 saturated heterocycles. The Morgan fingerprint density at radius 1 is 0.733 bits per heavy atom. The second-order valence-corrected chi connectivity index (χ2v) is 6.14. The van der Waals surface area contributed by atoms with Gasteiger partial charge in [0.05, 0.1) is 0 Å². The third-order valence-corrected chi connectivity index (χ3v) is 5.48. The first-order valence-corrected chi connectivity index (χ1v) is 7.30. The van der Waals surface area contributed by atoms with E-state index >= 15 is 0 Å². The summed E-state index contributed by atoms with van der Waals surface area (Å²) < 4.78 is 0. The summed E-state index contributed by atoms with van der Waals surface area (Å²) in [5, 5.41) is 0. The van der Waals surface area contributed by atoms with Gasteiger partial charge < -0.3 is 1.43 Å². The monoisotopic (exact) mass is 218 g/mol. The molecule has 0 spiro atoms. The van der Waals surface area contributed by atoms with Crippen LogP contribution in [-0.2, 0) is 0 Å². The van der Waals surface area contributed by atoms with Gasteiger partial charge in [0.15, 0.2) is 6.43 Å². The van der Waals surface area contributed by atoms with E-state index in [0.29, 0.717) is 0 Å². The fraction of sp³-hybridized carbons (Fsp3) is 1.00. The minimum Gasteiger partial charge on any atom is -1.00 e. The molecule has 1 atom stereocenters. The Morgan fingerprint density at radius 3 is 1.40 bits per heavy atom. The molecule has 2 rings (SSSR count). The van der Waals surface area contributed by atoms with Crippen LogP contribution in [0.5, 0.6) is 0 Å². The van der Waals surface area contributed by atoms with E-state index < -0.39 is 0 Å². The van der Waals surface area contributed by atoms with Crippen molar-refractivity contribution in [2.75, 3.05) is 0 Å². The van der Waals surface area contributed by atoms with Crippen molar-refractivity contribution in [2.24, 2.45) is 0 Å². The summed E-state index contributed by atoms with van der Waals surface area (Å²) in [6.45, 7) is 0. The van der Waals surface area contributed by atoms with E-state index in [1.54, 1.807) is 0 Å². The quantitative estimate of drug-likeness (QED) is 0.488. The zero-order valence-electron chi connectivity index (χ0n) is 11.4. The molecule has 0 amide bonds. The van der Waals surface area contributed by atoms with Crippen LogP contribution >= 0.6 is 9.12 Å². The summed E-state index contributed by atoms with van der Waals surface area (Å²) >= 11 is 0. The van der Waals surface area contributed by atoms with E-state index in [9.17, 15) is 0 Å². The molecular weight excluding hydrogens is 193 g/mol. The minimum absolute atomic E-state index is 0. The van der Waals surface area contributed by atoms with Gasteiger partial charge in [-0.2, -0.15) is 9.12 Å².